The van der Waals surface area contributed by atoms with Crippen molar-refractivity contribution in [3.63, 3.8) is 0 Å². The minimum atomic E-state index is -0.192. The molecule has 4 rings (SSSR count). The Labute approximate surface area is 154 Å². The summed E-state index contributed by atoms with van der Waals surface area (Å²) in [7, 11) is 0. The monoisotopic (exact) mass is 373 g/mol. The smallest absolute Gasteiger partial charge is 0.282 e. The van der Waals surface area contributed by atoms with E-state index < -0.39 is 0 Å². The summed E-state index contributed by atoms with van der Waals surface area (Å²) in [5.41, 5.74) is 4.87. The number of hydrogen-bond donors (Lipinski definition) is 1. The van der Waals surface area contributed by atoms with Crippen molar-refractivity contribution in [3.8, 4) is 11.3 Å². The molecular weight excluding hydrogens is 354 g/mol. The first kappa shape index (κ1) is 16.6. The Morgan fingerprint density at radius 3 is 2.88 bits per heavy atom. The van der Waals surface area contributed by atoms with Crippen molar-refractivity contribution < 1.29 is 9.59 Å². The summed E-state index contributed by atoms with van der Waals surface area (Å²) in [6, 6.07) is 6.55. The zero-order chi connectivity index (χ0) is 17.2. The van der Waals surface area contributed by atoms with Crippen molar-refractivity contribution in [2.45, 2.75) is 25.7 Å². The zero-order valence-corrected chi connectivity index (χ0v) is 15.4. The van der Waals surface area contributed by atoms with E-state index in [-0.39, 0.29) is 17.7 Å². The molecule has 25 heavy (non-hydrogen) atoms. The van der Waals surface area contributed by atoms with Gasteiger partial charge in [0.05, 0.1) is 5.69 Å². The van der Waals surface area contributed by atoms with Crippen LogP contribution in [0.1, 0.15) is 24.0 Å². The fourth-order valence-corrected chi connectivity index (χ4v) is 4.82. The van der Waals surface area contributed by atoms with Gasteiger partial charge in [0.1, 0.15) is 6.54 Å². The fourth-order valence-electron chi connectivity index (χ4n) is 3.26. The third kappa shape index (κ3) is 3.72. The van der Waals surface area contributed by atoms with Gasteiger partial charge in [-0.3, -0.25) is 9.59 Å². The molecule has 1 aromatic carbocycles. The van der Waals surface area contributed by atoms with Crippen molar-refractivity contribution in [1.82, 2.24) is 9.88 Å². The average Bonchev–Trinajstić information content (AvgIpc) is 3.24. The number of thioether (sulfide) groups is 1. The summed E-state index contributed by atoms with van der Waals surface area (Å²) in [5, 5.41) is 5.33. The summed E-state index contributed by atoms with van der Waals surface area (Å²) in [6.45, 7) is 0.731. The molecule has 1 aliphatic carbocycles. The van der Waals surface area contributed by atoms with Crippen LogP contribution in [0.3, 0.4) is 0 Å². The number of amides is 2. The molecule has 2 heterocycles. The predicted molar refractivity (Wildman–Crippen MR) is 102 cm³/mol. The Balaban J connectivity index is 1.43. The molecule has 0 bridgehead atoms. The molecule has 0 saturated carbocycles. The molecule has 1 N–H and O–H groups in total. The second-order valence-electron chi connectivity index (χ2n) is 6.31. The van der Waals surface area contributed by atoms with Gasteiger partial charge < -0.3 is 10.2 Å². The van der Waals surface area contributed by atoms with E-state index in [4.69, 9.17) is 0 Å². The normalized spacial score (nSPS) is 16.8. The van der Waals surface area contributed by atoms with E-state index in [0.29, 0.717) is 11.7 Å². The number of carbonyl (C=O) groups excluding carboxylic acids is 2. The largest absolute Gasteiger partial charge is 0.323 e. The molecule has 2 aromatic rings. The molecule has 0 atom stereocenters. The van der Waals surface area contributed by atoms with Crippen molar-refractivity contribution in [1.29, 1.82) is 0 Å². The number of aryl methyl sites for hydroxylation is 2. The number of thiazole rings is 1. The van der Waals surface area contributed by atoms with Crippen LogP contribution in [-0.2, 0) is 17.6 Å². The van der Waals surface area contributed by atoms with Gasteiger partial charge in [-0.1, -0.05) is 23.9 Å². The maximum absolute atomic E-state index is 12.1. The summed E-state index contributed by atoms with van der Waals surface area (Å²) in [6.07, 6.45) is 4.83. The van der Waals surface area contributed by atoms with Crippen molar-refractivity contribution >= 4 is 39.4 Å². The Bertz CT molecular complexity index is 818. The highest BCUT2D eigenvalue weighted by Gasteiger charge is 2.23. The van der Waals surface area contributed by atoms with Gasteiger partial charge in [-0.2, -0.15) is 0 Å². The molecule has 1 saturated heterocycles. The van der Waals surface area contributed by atoms with Gasteiger partial charge in [0, 0.05) is 23.2 Å². The van der Waals surface area contributed by atoms with Crippen LogP contribution in [0.4, 0.5) is 9.93 Å². The SMILES string of the molecule is O=C(CN1CCSC1=O)Nc1nc(-c2ccc3c(c2)CCCC3)cs1. The highest BCUT2D eigenvalue weighted by atomic mass is 32.2. The Hall–Kier alpha value is -1.86. The molecule has 0 radical (unpaired) electrons. The Morgan fingerprint density at radius 2 is 2.08 bits per heavy atom. The number of aromatic nitrogens is 1. The summed E-state index contributed by atoms with van der Waals surface area (Å²) < 4.78 is 0. The first-order valence-corrected chi connectivity index (χ1v) is 10.3. The minimum Gasteiger partial charge on any atom is -0.323 e. The lowest BCUT2D eigenvalue weighted by Gasteiger charge is -2.16. The van der Waals surface area contributed by atoms with Gasteiger partial charge >= 0.3 is 0 Å². The van der Waals surface area contributed by atoms with Crippen LogP contribution in [-0.4, -0.2) is 39.9 Å². The predicted octanol–water partition coefficient (Wildman–Crippen LogP) is 3.80. The number of anilines is 1. The van der Waals surface area contributed by atoms with Crippen LogP contribution < -0.4 is 5.32 Å². The highest BCUT2D eigenvalue weighted by Crippen LogP contribution is 2.29. The second kappa shape index (κ2) is 7.17. The van der Waals surface area contributed by atoms with Crippen molar-refractivity contribution in [2.24, 2.45) is 0 Å². The van der Waals surface area contributed by atoms with E-state index >= 15 is 0 Å². The average molecular weight is 374 g/mol. The number of carbonyl (C=O) groups is 2. The van der Waals surface area contributed by atoms with Gasteiger partial charge in [-0.25, -0.2) is 4.98 Å². The third-order valence-electron chi connectivity index (χ3n) is 4.57. The molecule has 2 aliphatic rings. The molecular formula is C18H19N3O2S2. The zero-order valence-electron chi connectivity index (χ0n) is 13.8. The maximum Gasteiger partial charge on any atom is 0.282 e. The first-order chi connectivity index (χ1) is 12.2. The number of nitrogens with zero attached hydrogens (tertiary/aromatic N) is 2. The van der Waals surface area contributed by atoms with Crippen LogP contribution in [0.5, 0.6) is 0 Å². The summed E-state index contributed by atoms with van der Waals surface area (Å²) in [5.74, 6) is 0.563. The van der Waals surface area contributed by atoms with Gasteiger partial charge in [-0.15, -0.1) is 11.3 Å². The molecule has 2 amide bonds. The van der Waals surface area contributed by atoms with E-state index in [1.807, 2.05) is 5.38 Å². The fraction of sp³-hybridized carbons (Fsp3) is 0.389. The van der Waals surface area contributed by atoms with E-state index in [0.717, 1.165) is 23.4 Å². The minimum absolute atomic E-state index is 0.0240. The van der Waals surface area contributed by atoms with E-state index in [1.165, 1.54) is 53.5 Å². The molecule has 0 unspecified atom stereocenters. The molecule has 0 spiro atoms. The maximum atomic E-state index is 12.1. The van der Waals surface area contributed by atoms with Crippen molar-refractivity contribution in [2.75, 3.05) is 24.2 Å². The van der Waals surface area contributed by atoms with Crippen LogP contribution in [0.15, 0.2) is 23.6 Å². The first-order valence-electron chi connectivity index (χ1n) is 8.48. The molecule has 1 fully saturated rings. The topological polar surface area (TPSA) is 62.3 Å². The summed E-state index contributed by atoms with van der Waals surface area (Å²) in [4.78, 5) is 29.8. The second-order valence-corrected chi connectivity index (χ2v) is 8.22. The van der Waals surface area contributed by atoms with Gasteiger partial charge in [0.25, 0.3) is 5.24 Å². The standard InChI is InChI=1S/C18H19N3O2S2/c22-16(10-21-7-8-24-18(21)23)20-17-19-15(11-25-17)14-6-5-12-3-1-2-4-13(12)9-14/h5-6,9,11H,1-4,7-8,10H2,(H,19,20,22). The highest BCUT2D eigenvalue weighted by molar-refractivity contribution is 8.13. The van der Waals surface area contributed by atoms with Gasteiger partial charge in [0.2, 0.25) is 5.91 Å². The number of fused-ring (bicyclic) bond motifs is 1. The molecule has 7 heteroatoms. The van der Waals surface area contributed by atoms with Crippen LogP contribution >= 0.6 is 23.1 Å². The number of hydrogen-bond acceptors (Lipinski definition) is 5. The number of nitrogens with one attached hydrogen (secondary N) is 1. The van der Waals surface area contributed by atoms with Crippen LogP contribution in [0, 0.1) is 0 Å². The molecule has 5 nitrogen and oxygen atoms in total. The summed E-state index contributed by atoms with van der Waals surface area (Å²) >= 11 is 2.68. The van der Waals surface area contributed by atoms with Gasteiger partial charge in [-0.05, 0) is 42.9 Å². The molecule has 1 aliphatic heterocycles. The van der Waals surface area contributed by atoms with E-state index in [9.17, 15) is 9.59 Å². The van der Waals surface area contributed by atoms with E-state index in [2.05, 4.69) is 28.5 Å². The van der Waals surface area contributed by atoms with E-state index in [1.54, 1.807) is 4.90 Å². The van der Waals surface area contributed by atoms with Crippen LogP contribution in [0.25, 0.3) is 11.3 Å². The van der Waals surface area contributed by atoms with Gasteiger partial charge in [0.15, 0.2) is 5.13 Å². The van der Waals surface area contributed by atoms with Crippen LogP contribution in [0.2, 0.25) is 0 Å². The number of rotatable bonds is 4. The Morgan fingerprint density at radius 1 is 1.24 bits per heavy atom. The number of benzene rings is 1. The lowest BCUT2D eigenvalue weighted by Crippen LogP contribution is -2.33. The Kier molecular flexibility index (Phi) is 4.76. The molecule has 1 aromatic heterocycles. The quantitative estimate of drug-likeness (QED) is 0.885. The third-order valence-corrected chi connectivity index (χ3v) is 6.22. The molecule has 130 valence electrons. The van der Waals surface area contributed by atoms with Crippen molar-refractivity contribution in [3.05, 3.63) is 34.7 Å². The lowest BCUT2D eigenvalue weighted by atomic mass is 9.90. The lowest BCUT2D eigenvalue weighted by molar-refractivity contribution is -0.116.